The van der Waals surface area contributed by atoms with Crippen LogP contribution in [0.5, 0.6) is 0 Å². The lowest BCUT2D eigenvalue weighted by atomic mass is 9.97. The van der Waals surface area contributed by atoms with Crippen LogP contribution in [0.15, 0.2) is 72.8 Å². The van der Waals surface area contributed by atoms with Crippen LogP contribution in [0.3, 0.4) is 0 Å². The third kappa shape index (κ3) is 4.25. The van der Waals surface area contributed by atoms with Crippen LogP contribution in [0.25, 0.3) is 11.0 Å². The van der Waals surface area contributed by atoms with Gasteiger partial charge in [0.2, 0.25) is 5.91 Å². The van der Waals surface area contributed by atoms with Gasteiger partial charge in [0.25, 0.3) is 0 Å². The summed E-state index contributed by atoms with van der Waals surface area (Å²) in [6.07, 6.45) is 2.63. The largest absolute Gasteiger partial charge is 0.323 e. The Morgan fingerprint density at radius 1 is 0.941 bits per heavy atom. The lowest BCUT2D eigenvalue weighted by molar-refractivity contribution is -0.117. The third-order valence-electron chi connectivity index (χ3n) is 7.33. The first-order valence-corrected chi connectivity index (χ1v) is 12.5. The van der Waals surface area contributed by atoms with Gasteiger partial charge in [0, 0.05) is 31.1 Å². The maximum absolute atomic E-state index is 13.0. The van der Waals surface area contributed by atoms with Crippen LogP contribution in [0.2, 0.25) is 0 Å². The predicted octanol–water partition coefficient (Wildman–Crippen LogP) is 6.68. The number of benzene rings is 3. The monoisotopic (exact) mass is 451 g/mol. The normalized spacial score (nSPS) is 17.0. The molecule has 4 heteroatoms. The smallest absolute Gasteiger partial charge is 0.227 e. The van der Waals surface area contributed by atoms with Gasteiger partial charge in [0.05, 0.1) is 11.0 Å². The molecule has 0 aliphatic carbocycles. The molecule has 0 bridgehead atoms. The Hall–Kier alpha value is -3.40. The van der Waals surface area contributed by atoms with Gasteiger partial charge >= 0.3 is 0 Å². The second-order valence-electron chi connectivity index (χ2n) is 9.52. The van der Waals surface area contributed by atoms with E-state index < -0.39 is 0 Å². The number of nitrogens with zero attached hydrogens (tertiary/aromatic N) is 3. The highest BCUT2D eigenvalue weighted by molar-refractivity contribution is 5.96. The molecular weight excluding hydrogens is 418 g/mol. The molecule has 2 atom stereocenters. The van der Waals surface area contributed by atoms with Crippen molar-refractivity contribution in [3.8, 4) is 0 Å². The topological polar surface area (TPSA) is 38.1 Å². The summed E-state index contributed by atoms with van der Waals surface area (Å²) >= 11 is 0. The van der Waals surface area contributed by atoms with Gasteiger partial charge in [0.15, 0.2) is 0 Å². The molecule has 5 rings (SSSR count). The number of amides is 1. The second kappa shape index (κ2) is 9.46. The molecule has 2 heterocycles. The van der Waals surface area contributed by atoms with Crippen molar-refractivity contribution in [2.75, 3.05) is 11.4 Å². The Balaban J connectivity index is 1.45. The summed E-state index contributed by atoms with van der Waals surface area (Å²) in [7, 11) is 0. The zero-order valence-corrected chi connectivity index (χ0v) is 20.4. The Bertz CT molecular complexity index is 1290. The van der Waals surface area contributed by atoms with Crippen molar-refractivity contribution in [1.82, 2.24) is 9.55 Å². The van der Waals surface area contributed by atoms with E-state index in [-0.39, 0.29) is 11.8 Å². The Morgan fingerprint density at radius 3 is 2.35 bits per heavy atom. The molecule has 0 radical (unpaired) electrons. The average Bonchev–Trinajstić information content (AvgIpc) is 3.44. The number of para-hydroxylation sites is 2. The van der Waals surface area contributed by atoms with Crippen molar-refractivity contribution < 1.29 is 4.79 Å². The first-order valence-electron chi connectivity index (χ1n) is 12.5. The predicted molar refractivity (Wildman–Crippen MR) is 140 cm³/mol. The van der Waals surface area contributed by atoms with E-state index in [2.05, 4.69) is 92.1 Å². The van der Waals surface area contributed by atoms with Crippen LogP contribution in [-0.2, 0) is 17.8 Å². The summed E-state index contributed by atoms with van der Waals surface area (Å²) in [5, 5.41) is 0. The van der Waals surface area contributed by atoms with E-state index in [9.17, 15) is 4.79 Å². The molecular formula is C30H33N3O. The number of fused-ring (bicyclic) bond motifs is 1. The summed E-state index contributed by atoms with van der Waals surface area (Å²) in [5.41, 5.74) is 7.02. The first-order chi connectivity index (χ1) is 16.6. The van der Waals surface area contributed by atoms with Crippen molar-refractivity contribution in [2.24, 2.45) is 0 Å². The minimum atomic E-state index is 0.0742. The van der Waals surface area contributed by atoms with Crippen LogP contribution in [-0.4, -0.2) is 22.0 Å². The molecule has 1 aromatic heterocycles. The SMILES string of the molecule is CCc1ccc(N2C[C@@H](c3nc4ccccc4n3Cc3ccc([C@@H](C)CC)cc3)CC2=O)cc1. The summed E-state index contributed by atoms with van der Waals surface area (Å²) < 4.78 is 2.31. The second-order valence-corrected chi connectivity index (χ2v) is 9.52. The van der Waals surface area contributed by atoms with Gasteiger partial charge in [-0.25, -0.2) is 4.98 Å². The highest BCUT2D eigenvalue weighted by Gasteiger charge is 2.34. The van der Waals surface area contributed by atoms with E-state index in [4.69, 9.17) is 4.98 Å². The van der Waals surface area contributed by atoms with E-state index in [1.165, 1.54) is 16.7 Å². The lowest BCUT2D eigenvalue weighted by Gasteiger charge is -2.18. The molecule has 3 aromatic carbocycles. The molecule has 34 heavy (non-hydrogen) atoms. The maximum Gasteiger partial charge on any atom is 0.227 e. The summed E-state index contributed by atoms with van der Waals surface area (Å²) in [5.74, 6) is 1.82. The van der Waals surface area contributed by atoms with Crippen molar-refractivity contribution in [1.29, 1.82) is 0 Å². The molecule has 1 amide bonds. The number of aromatic nitrogens is 2. The van der Waals surface area contributed by atoms with E-state index in [1.54, 1.807) is 0 Å². The van der Waals surface area contributed by atoms with Gasteiger partial charge in [-0.2, -0.15) is 0 Å². The molecule has 4 nitrogen and oxygen atoms in total. The quantitative estimate of drug-likeness (QED) is 0.314. The highest BCUT2D eigenvalue weighted by atomic mass is 16.2. The zero-order chi connectivity index (χ0) is 23.7. The lowest BCUT2D eigenvalue weighted by Crippen LogP contribution is -2.24. The van der Waals surface area contributed by atoms with Crippen LogP contribution in [0, 0.1) is 0 Å². The fourth-order valence-corrected chi connectivity index (χ4v) is 4.98. The molecule has 0 unspecified atom stereocenters. The number of imidazole rings is 1. The molecule has 174 valence electrons. The summed E-state index contributed by atoms with van der Waals surface area (Å²) in [4.78, 5) is 20.0. The number of rotatable bonds is 7. The molecule has 0 saturated carbocycles. The number of hydrogen-bond donors (Lipinski definition) is 0. The molecule has 1 aliphatic rings. The van der Waals surface area contributed by atoms with Gasteiger partial charge in [0.1, 0.15) is 5.82 Å². The maximum atomic E-state index is 13.0. The van der Waals surface area contributed by atoms with Gasteiger partial charge in [-0.15, -0.1) is 0 Å². The number of aryl methyl sites for hydroxylation is 1. The summed E-state index contributed by atoms with van der Waals surface area (Å²) in [6, 6.07) is 25.7. The van der Waals surface area contributed by atoms with Crippen LogP contribution in [0.1, 0.15) is 68.0 Å². The van der Waals surface area contributed by atoms with Crippen LogP contribution >= 0.6 is 0 Å². The fraction of sp³-hybridized carbons (Fsp3) is 0.333. The minimum Gasteiger partial charge on any atom is -0.323 e. The van der Waals surface area contributed by atoms with Crippen LogP contribution < -0.4 is 4.90 Å². The van der Waals surface area contributed by atoms with E-state index in [0.717, 1.165) is 41.9 Å². The molecule has 4 aromatic rings. The number of hydrogen-bond acceptors (Lipinski definition) is 2. The Labute approximate surface area is 202 Å². The van der Waals surface area contributed by atoms with Gasteiger partial charge < -0.3 is 9.47 Å². The minimum absolute atomic E-state index is 0.0742. The fourth-order valence-electron chi connectivity index (χ4n) is 4.98. The van der Waals surface area contributed by atoms with Crippen molar-refractivity contribution in [3.63, 3.8) is 0 Å². The molecule has 1 aliphatic heterocycles. The highest BCUT2D eigenvalue weighted by Crippen LogP contribution is 2.34. The number of carbonyl (C=O) groups excluding carboxylic acids is 1. The molecule has 1 saturated heterocycles. The first kappa shape index (κ1) is 22.4. The Morgan fingerprint density at radius 2 is 1.65 bits per heavy atom. The zero-order valence-electron chi connectivity index (χ0n) is 20.4. The van der Waals surface area contributed by atoms with Gasteiger partial charge in [-0.05, 0) is 59.7 Å². The summed E-state index contributed by atoms with van der Waals surface area (Å²) in [6.45, 7) is 8.07. The number of carbonyl (C=O) groups is 1. The third-order valence-corrected chi connectivity index (χ3v) is 7.33. The standard InChI is InChI=1S/C30H33N3O/c1-4-21(3)24-14-10-23(11-15-24)19-33-28-9-7-6-8-27(28)31-30(33)25-18-29(34)32(20-25)26-16-12-22(5-2)13-17-26/h6-17,21,25H,4-5,18-20H2,1-3H3/t21-,25-/m0/s1. The van der Waals surface area contributed by atoms with Crippen molar-refractivity contribution in [3.05, 3.63) is 95.3 Å². The molecule has 0 spiro atoms. The Kier molecular flexibility index (Phi) is 6.23. The molecule has 1 fully saturated rings. The van der Waals surface area contributed by atoms with Crippen molar-refractivity contribution >= 4 is 22.6 Å². The molecule has 0 N–H and O–H groups in total. The van der Waals surface area contributed by atoms with E-state index >= 15 is 0 Å². The van der Waals surface area contributed by atoms with Crippen LogP contribution in [0.4, 0.5) is 5.69 Å². The average molecular weight is 452 g/mol. The van der Waals surface area contributed by atoms with Gasteiger partial charge in [-0.3, -0.25) is 4.79 Å². The van der Waals surface area contributed by atoms with Crippen molar-refractivity contribution in [2.45, 2.75) is 58.4 Å². The van der Waals surface area contributed by atoms with E-state index in [1.807, 2.05) is 11.0 Å². The van der Waals surface area contributed by atoms with E-state index in [0.29, 0.717) is 18.9 Å². The number of anilines is 1. The van der Waals surface area contributed by atoms with Gasteiger partial charge in [-0.1, -0.05) is 69.3 Å².